The second-order valence-electron chi connectivity index (χ2n) is 3.67. The predicted octanol–water partition coefficient (Wildman–Crippen LogP) is 1.38. The number of rotatable bonds is 3. The van der Waals surface area contributed by atoms with Gasteiger partial charge >= 0.3 is 5.97 Å². The predicted molar refractivity (Wildman–Crippen MR) is 57.6 cm³/mol. The van der Waals surface area contributed by atoms with Crippen LogP contribution in [0.25, 0.3) is 0 Å². The molecule has 0 bridgehead atoms. The Labute approximate surface area is 89.7 Å². The van der Waals surface area contributed by atoms with Crippen LogP contribution in [0.3, 0.4) is 0 Å². The minimum absolute atomic E-state index is 0.306. The Bertz CT molecular complexity index is 358. The van der Waals surface area contributed by atoms with Crippen LogP contribution in [-0.4, -0.2) is 24.3 Å². The van der Waals surface area contributed by atoms with Crippen LogP contribution in [0.5, 0.6) is 0 Å². The number of aliphatic hydroxyl groups excluding tert-OH is 1. The molecule has 0 unspecified atom stereocenters. The van der Waals surface area contributed by atoms with Crippen LogP contribution in [0.1, 0.15) is 16.7 Å². The summed E-state index contributed by atoms with van der Waals surface area (Å²) in [6, 6.07) is 5.96. The molecular formula is C12H16O3. The number of carbonyl (C=O) groups is 1. The van der Waals surface area contributed by atoms with Gasteiger partial charge in [-0.2, -0.15) is 0 Å². The van der Waals surface area contributed by atoms with Gasteiger partial charge in [-0.3, -0.25) is 0 Å². The van der Waals surface area contributed by atoms with Gasteiger partial charge in [-0.05, 0) is 25.0 Å². The Kier molecular flexibility index (Phi) is 3.86. The van der Waals surface area contributed by atoms with Crippen molar-refractivity contribution < 1.29 is 14.6 Å². The maximum atomic E-state index is 11.0. The first-order chi connectivity index (χ1) is 7.04. The third kappa shape index (κ3) is 3.06. The summed E-state index contributed by atoms with van der Waals surface area (Å²) >= 11 is 0. The van der Waals surface area contributed by atoms with E-state index in [2.05, 4.69) is 4.74 Å². The highest BCUT2D eigenvalue weighted by molar-refractivity contribution is 5.74. The van der Waals surface area contributed by atoms with Gasteiger partial charge < -0.3 is 9.84 Å². The second kappa shape index (κ2) is 4.94. The first-order valence-corrected chi connectivity index (χ1v) is 4.86. The Balaban J connectivity index is 2.80. The van der Waals surface area contributed by atoms with Crippen molar-refractivity contribution in [2.24, 2.45) is 0 Å². The van der Waals surface area contributed by atoms with Crippen LogP contribution in [0.2, 0.25) is 0 Å². The molecular weight excluding hydrogens is 192 g/mol. The maximum absolute atomic E-state index is 11.0. The van der Waals surface area contributed by atoms with Crippen molar-refractivity contribution >= 4 is 5.97 Å². The zero-order chi connectivity index (χ0) is 11.4. The third-order valence-electron chi connectivity index (χ3n) is 2.39. The van der Waals surface area contributed by atoms with Crippen molar-refractivity contribution in [3.63, 3.8) is 0 Å². The van der Waals surface area contributed by atoms with Gasteiger partial charge in [0.25, 0.3) is 0 Å². The number of aliphatic hydroxyl groups is 1. The fourth-order valence-corrected chi connectivity index (χ4v) is 1.45. The van der Waals surface area contributed by atoms with E-state index in [0.29, 0.717) is 6.42 Å². The molecule has 1 aromatic rings. The monoisotopic (exact) mass is 208 g/mol. The standard InChI is InChI=1S/C12H16O3/c1-8-4-5-9(2)10(6-8)7-11(13)12(14)15-3/h4-6,11,13H,7H2,1-3H3/t11-/m1/s1. The smallest absolute Gasteiger partial charge is 0.335 e. The number of aryl methyl sites for hydroxylation is 2. The Hall–Kier alpha value is -1.35. The summed E-state index contributed by atoms with van der Waals surface area (Å²) in [5.74, 6) is -0.587. The van der Waals surface area contributed by atoms with E-state index < -0.39 is 12.1 Å². The molecule has 0 radical (unpaired) electrons. The van der Waals surface area contributed by atoms with Gasteiger partial charge in [0.1, 0.15) is 0 Å². The van der Waals surface area contributed by atoms with Crippen LogP contribution in [0.4, 0.5) is 0 Å². The topological polar surface area (TPSA) is 46.5 Å². The minimum atomic E-state index is -1.07. The number of carbonyl (C=O) groups excluding carboxylic acids is 1. The number of benzene rings is 1. The van der Waals surface area contributed by atoms with Crippen LogP contribution < -0.4 is 0 Å². The number of methoxy groups -OCH3 is 1. The summed E-state index contributed by atoms with van der Waals surface area (Å²) in [4.78, 5) is 11.0. The highest BCUT2D eigenvalue weighted by Gasteiger charge is 2.16. The molecule has 3 nitrogen and oxygen atoms in total. The van der Waals surface area contributed by atoms with Gasteiger partial charge in [-0.1, -0.05) is 23.8 Å². The van der Waals surface area contributed by atoms with Crippen molar-refractivity contribution in [1.82, 2.24) is 0 Å². The number of hydrogen-bond donors (Lipinski definition) is 1. The molecule has 0 aliphatic heterocycles. The van der Waals surface area contributed by atoms with E-state index in [0.717, 1.165) is 16.7 Å². The molecule has 0 aromatic heterocycles. The first kappa shape index (κ1) is 11.7. The number of ether oxygens (including phenoxy) is 1. The molecule has 0 spiro atoms. The van der Waals surface area contributed by atoms with Gasteiger partial charge in [0.2, 0.25) is 0 Å². The van der Waals surface area contributed by atoms with Crippen LogP contribution in [-0.2, 0) is 16.0 Å². The highest BCUT2D eigenvalue weighted by Crippen LogP contribution is 2.13. The zero-order valence-electron chi connectivity index (χ0n) is 9.28. The summed E-state index contributed by atoms with van der Waals surface area (Å²) in [6.45, 7) is 3.94. The lowest BCUT2D eigenvalue weighted by molar-refractivity contribution is -0.150. The van der Waals surface area contributed by atoms with Crippen LogP contribution in [0.15, 0.2) is 18.2 Å². The van der Waals surface area contributed by atoms with E-state index in [-0.39, 0.29) is 0 Å². The molecule has 1 N–H and O–H groups in total. The summed E-state index contributed by atoms with van der Waals surface area (Å²) in [7, 11) is 1.27. The lowest BCUT2D eigenvalue weighted by Crippen LogP contribution is -2.24. The summed E-state index contributed by atoms with van der Waals surface area (Å²) in [6.07, 6.45) is -0.768. The minimum Gasteiger partial charge on any atom is -0.467 e. The second-order valence-corrected chi connectivity index (χ2v) is 3.67. The summed E-state index contributed by atoms with van der Waals surface area (Å²) < 4.78 is 4.47. The molecule has 0 saturated heterocycles. The highest BCUT2D eigenvalue weighted by atomic mass is 16.5. The van der Waals surface area contributed by atoms with Gasteiger partial charge in [0, 0.05) is 6.42 Å². The molecule has 0 aliphatic rings. The molecule has 0 fully saturated rings. The Morgan fingerprint density at radius 1 is 1.47 bits per heavy atom. The van der Waals surface area contributed by atoms with Crippen molar-refractivity contribution in [3.05, 3.63) is 34.9 Å². The van der Waals surface area contributed by atoms with Crippen LogP contribution >= 0.6 is 0 Å². The van der Waals surface area contributed by atoms with Gasteiger partial charge in [-0.15, -0.1) is 0 Å². The molecule has 0 heterocycles. The largest absolute Gasteiger partial charge is 0.467 e. The lowest BCUT2D eigenvalue weighted by atomic mass is 10.0. The average Bonchev–Trinajstić information content (AvgIpc) is 2.22. The third-order valence-corrected chi connectivity index (χ3v) is 2.39. The average molecular weight is 208 g/mol. The van der Waals surface area contributed by atoms with Crippen molar-refractivity contribution in [3.8, 4) is 0 Å². The first-order valence-electron chi connectivity index (χ1n) is 4.86. The van der Waals surface area contributed by atoms with E-state index >= 15 is 0 Å². The maximum Gasteiger partial charge on any atom is 0.335 e. The molecule has 0 amide bonds. The molecule has 1 aromatic carbocycles. The number of hydrogen-bond acceptors (Lipinski definition) is 3. The molecule has 82 valence electrons. The van der Waals surface area contributed by atoms with E-state index in [9.17, 15) is 9.90 Å². The molecule has 15 heavy (non-hydrogen) atoms. The fourth-order valence-electron chi connectivity index (χ4n) is 1.45. The molecule has 1 rings (SSSR count). The summed E-state index contributed by atoms with van der Waals surface area (Å²) in [5.41, 5.74) is 3.17. The van der Waals surface area contributed by atoms with E-state index in [4.69, 9.17) is 0 Å². The van der Waals surface area contributed by atoms with E-state index in [1.54, 1.807) is 0 Å². The van der Waals surface area contributed by atoms with Crippen LogP contribution in [0, 0.1) is 13.8 Å². The quantitative estimate of drug-likeness (QED) is 0.763. The van der Waals surface area contributed by atoms with E-state index in [1.165, 1.54) is 7.11 Å². The van der Waals surface area contributed by atoms with Crippen molar-refractivity contribution in [1.29, 1.82) is 0 Å². The zero-order valence-corrected chi connectivity index (χ0v) is 9.28. The van der Waals surface area contributed by atoms with Crippen molar-refractivity contribution in [2.75, 3.05) is 7.11 Å². The summed E-state index contributed by atoms with van der Waals surface area (Å²) in [5, 5.41) is 9.51. The molecule has 0 saturated carbocycles. The lowest BCUT2D eigenvalue weighted by Gasteiger charge is -2.11. The fraction of sp³-hybridized carbons (Fsp3) is 0.417. The Morgan fingerprint density at radius 2 is 2.13 bits per heavy atom. The van der Waals surface area contributed by atoms with Crippen molar-refractivity contribution in [2.45, 2.75) is 26.4 Å². The SMILES string of the molecule is COC(=O)[C@H](O)Cc1cc(C)ccc1C. The van der Waals surface area contributed by atoms with Gasteiger partial charge in [-0.25, -0.2) is 4.79 Å². The Morgan fingerprint density at radius 3 is 2.73 bits per heavy atom. The molecule has 0 aliphatic carbocycles. The molecule has 1 atom stereocenters. The molecule has 3 heteroatoms. The van der Waals surface area contributed by atoms with Gasteiger partial charge in [0.05, 0.1) is 7.11 Å². The number of esters is 1. The van der Waals surface area contributed by atoms with E-state index in [1.807, 2.05) is 32.0 Å². The van der Waals surface area contributed by atoms with Gasteiger partial charge in [0.15, 0.2) is 6.10 Å². The normalized spacial score (nSPS) is 12.3.